The van der Waals surface area contributed by atoms with Crippen LogP contribution in [-0.2, 0) is 22.4 Å². The Bertz CT molecular complexity index is 950. The van der Waals surface area contributed by atoms with Crippen LogP contribution in [0.4, 0.5) is 0 Å². The van der Waals surface area contributed by atoms with Gasteiger partial charge in [-0.2, -0.15) is 0 Å². The number of ether oxygens (including phenoxy) is 1. The summed E-state index contributed by atoms with van der Waals surface area (Å²) in [5.74, 6) is -1.41. The predicted molar refractivity (Wildman–Crippen MR) is 109 cm³/mol. The van der Waals surface area contributed by atoms with E-state index >= 15 is 0 Å². The summed E-state index contributed by atoms with van der Waals surface area (Å²) in [6.45, 7) is 1.59. The van der Waals surface area contributed by atoms with Gasteiger partial charge in [-0.05, 0) is 61.1 Å². The van der Waals surface area contributed by atoms with E-state index in [1.54, 1.807) is 0 Å². The average molecular weight is 396 g/mol. The number of nitrogens with one attached hydrogen (secondary N) is 1. The Hall–Kier alpha value is -2.44. The summed E-state index contributed by atoms with van der Waals surface area (Å²) in [5, 5.41) is 0. The van der Waals surface area contributed by atoms with Gasteiger partial charge >= 0.3 is 5.97 Å². The molecule has 0 spiro atoms. The molecule has 0 bridgehead atoms. The molecule has 2 heterocycles. The van der Waals surface area contributed by atoms with Gasteiger partial charge in [-0.15, -0.1) is 11.3 Å². The number of amides is 1. The number of piperidine rings is 1. The molecule has 1 radical (unpaired) electrons. The van der Waals surface area contributed by atoms with E-state index in [-0.39, 0.29) is 0 Å². The summed E-state index contributed by atoms with van der Waals surface area (Å²) in [6.07, 6.45) is 3.88. The normalized spacial score (nSPS) is 16.9. The van der Waals surface area contributed by atoms with Crippen LogP contribution in [-0.4, -0.2) is 43.5 Å². The smallest absolute Gasteiger partial charge is 0.348 e. The Kier molecular flexibility index (Phi) is 5.33. The van der Waals surface area contributed by atoms with Crippen LogP contribution in [0.25, 0.3) is 5.57 Å². The highest BCUT2D eigenvalue weighted by molar-refractivity contribution is 7.15. The number of rotatable bonds is 3. The van der Waals surface area contributed by atoms with E-state index in [1.165, 1.54) is 39.2 Å². The van der Waals surface area contributed by atoms with Crippen molar-refractivity contribution in [1.29, 1.82) is 0 Å². The molecule has 1 amide bonds. The highest BCUT2D eigenvalue weighted by Gasteiger charge is 2.26. The summed E-state index contributed by atoms with van der Waals surface area (Å²) in [7, 11) is 2.15. The lowest BCUT2D eigenvalue weighted by Gasteiger charge is -2.27. The number of benzene rings is 1. The summed E-state index contributed by atoms with van der Waals surface area (Å²) >= 11 is 1.46. The predicted octanol–water partition coefficient (Wildman–Crippen LogP) is 3.34. The lowest BCUT2D eigenvalue weighted by Crippen LogP contribution is -2.26. The van der Waals surface area contributed by atoms with Crippen LogP contribution in [0.15, 0.2) is 35.9 Å². The number of carbonyl (C=O) groups excluding carboxylic acids is 2. The maximum absolute atomic E-state index is 12.4. The molecule has 1 aliphatic carbocycles. The minimum absolute atomic E-state index is 0.496. The first-order valence-corrected chi connectivity index (χ1v) is 10.4. The number of esters is 1. The Morgan fingerprint density at radius 2 is 1.82 bits per heavy atom. The molecule has 0 atom stereocenters. The van der Waals surface area contributed by atoms with Gasteiger partial charge in [0.05, 0.1) is 0 Å². The maximum Gasteiger partial charge on any atom is 0.348 e. The highest BCUT2D eigenvalue weighted by atomic mass is 32.1. The van der Waals surface area contributed by atoms with Gasteiger partial charge in [-0.1, -0.05) is 29.8 Å². The molecular weight excluding hydrogens is 372 g/mol. The molecule has 1 saturated heterocycles. The number of hydrogen-bond acceptors (Lipinski definition) is 5. The fourth-order valence-corrected chi connectivity index (χ4v) is 5.20. The van der Waals surface area contributed by atoms with Crippen LogP contribution >= 0.6 is 11.3 Å². The SMILES string of the molecule is CN1CCC(=C2c3ccccc3CCc3cc(C(=O)OCC([NH])=O)sc32)CC1. The second-order valence-corrected chi connectivity index (χ2v) is 8.46. The topological polar surface area (TPSA) is 70.4 Å². The summed E-state index contributed by atoms with van der Waals surface area (Å²) in [5.41, 5.74) is 13.5. The molecule has 28 heavy (non-hydrogen) atoms. The van der Waals surface area contributed by atoms with Gasteiger partial charge in [-0.3, -0.25) is 10.5 Å². The van der Waals surface area contributed by atoms with Crippen molar-refractivity contribution in [2.45, 2.75) is 25.7 Å². The maximum atomic E-state index is 12.4. The second kappa shape index (κ2) is 7.89. The second-order valence-electron chi connectivity index (χ2n) is 7.40. The molecule has 4 rings (SSSR count). The fourth-order valence-electron chi connectivity index (χ4n) is 3.99. The molecule has 2 aliphatic rings. The molecule has 0 saturated carbocycles. The van der Waals surface area contributed by atoms with Gasteiger partial charge in [0.25, 0.3) is 5.91 Å². The summed E-state index contributed by atoms with van der Waals surface area (Å²) in [4.78, 5) is 27.2. The number of nitrogens with zero attached hydrogens (tertiary/aromatic N) is 1. The quantitative estimate of drug-likeness (QED) is 0.748. The van der Waals surface area contributed by atoms with Crippen molar-refractivity contribution < 1.29 is 14.3 Å². The van der Waals surface area contributed by atoms with E-state index in [9.17, 15) is 9.59 Å². The van der Waals surface area contributed by atoms with Crippen LogP contribution in [0.3, 0.4) is 0 Å². The Morgan fingerprint density at radius 1 is 1.11 bits per heavy atom. The number of carbonyl (C=O) groups is 2. The molecule has 1 aliphatic heterocycles. The zero-order chi connectivity index (χ0) is 19.7. The zero-order valence-corrected chi connectivity index (χ0v) is 16.7. The first-order chi connectivity index (χ1) is 13.5. The zero-order valence-electron chi connectivity index (χ0n) is 15.9. The molecule has 6 heteroatoms. The van der Waals surface area contributed by atoms with Gasteiger partial charge < -0.3 is 9.64 Å². The lowest BCUT2D eigenvalue weighted by atomic mass is 9.90. The van der Waals surface area contributed by atoms with Crippen molar-refractivity contribution in [3.63, 3.8) is 0 Å². The van der Waals surface area contributed by atoms with Crippen LogP contribution in [0.2, 0.25) is 0 Å². The molecule has 1 aromatic heterocycles. The van der Waals surface area contributed by atoms with Crippen molar-refractivity contribution >= 4 is 28.8 Å². The van der Waals surface area contributed by atoms with Gasteiger partial charge in [-0.25, -0.2) is 4.79 Å². The molecular formula is C22H23N2O3S. The standard InChI is InChI=1S/C22H23N2O3S/c1-24-10-8-15(9-11-24)20-17-5-3-2-4-14(17)6-7-16-12-18(28-21(16)20)22(26)27-13-19(23)25/h2-5,12,23H,6-11,13H2,1H3. The summed E-state index contributed by atoms with van der Waals surface area (Å²) < 4.78 is 4.97. The van der Waals surface area contributed by atoms with Gasteiger partial charge in [0.1, 0.15) is 4.88 Å². The van der Waals surface area contributed by atoms with Crippen molar-refractivity contribution in [3.05, 3.63) is 62.3 Å². The Labute approximate surface area is 168 Å². The highest BCUT2D eigenvalue weighted by Crippen LogP contribution is 2.42. The molecule has 0 unspecified atom stereocenters. The monoisotopic (exact) mass is 395 g/mol. The van der Waals surface area contributed by atoms with E-state index < -0.39 is 18.5 Å². The molecule has 145 valence electrons. The number of likely N-dealkylation sites (tertiary alicyclic amines) is 1. The fraction of sp³-hybridized carbons (Fsp3) is 0.364. The minimum atomic E-state index is -0.894. The average Bonchev–Trinajstić information content (AvgIpc) is 3.04. The molecule has 1 fully saturated rings. The number of thiophene rings is 1. The lowest BCUT2D eigenvalue weighted by molar-refractivity contribution is -0.121. The van der Waals surface area contributed by atoms with Crippen LogP contribution in [0.5, 0.6) is 0 Å². The van der Waals surface area contributed by atoms with Crippen molar-refractivity contribution in [3.8, 4) is 0 Å². The van der Waals surface area contributed by atoms with E-state index in [1.807, 2.05) is 6.07 Å². The summed E-state index contributed by atoms with van der Waals surface area (Å²) in [6, 6.07) is 10.5. The van der Waals surface area contributed by atoms with E-state index in [4.69, 9.17) is 10.5 Å². The molecule has 1 N–H and O–H groups in total. The third-order valence-corrected chi connectivity index (χ3v) is 6.64. The van der Waals surface area contributed by atoms with Crippen LogP contribution < -0.4 is 5.73 Å². The number of fused-ring (bicyclic) bond motifs is 2. The number of hydrogen-bond donors (Lipinski definition) is 0. The van der Waals surface area contributed by atoms with E-state index in [0.29, 0.717) is 4.88 Å². The van der Waals surface area contributed by atoms with E-state index in [2.05, 4.69) is 36.2 Å². The molecule has 5 nitrogen and oxygen atoms in total. The van der Waals surface area contributed by atoms with Crippen LogP contribution in [0, 0.1) is 0 Å². The molecule has 1 aromatic carbocycles. The van der Waals surface area contributed by atoms with E-state index in [0.717, 1.165) is 43.6 Å². The van der Waals surface area contributed by atoms with Gasteiger partial charge in [0.2, 0.25) is 0 Å². The largest absolute Gasteiger partial charge is 0.451 e. The van der Waals surface area contributed by atoms with Crippen molar-refractivity contribution in [2.75, 3.05) is 26.7 Å². The van der Waals surface area contributed by atoms with Gasteiger partial charge in [0.15, 0.2) is 6.61 Å². The first-order valence-electron chi connectivity index (χ1n) is 9.56. The Balaban J connectivity index is 1.78. The Morgan fingerprint density at radius 3 is 2.57 bits per heavy atom. The van der Waals surface area contributed by atoms with Crippen molar-refractivity contribution in [2.24, 2.45) is 0 Å². The third kappa shape index (κ3) is 3.75. The minimum Gasteiger partial charge on any atom is -0.451 e. The molecule has 2 aromatic rings. The number of aryl methyl sites for hydroxylation is 2. The van der Waals surface area contributed by atoms with Crippen LogP contribution in [0.1, 0.15) is 44.1 Å². The first kappa shape index (κ1) is 18.9. The third-order valence-electron chi connectivity index (χ3n) is 5.47. The van der Waals surface area contributed by atoms with Crippen molar-refractivity contribution in [1.82, 2.24) is 10.6 Å². The van der Waals surface area contributed by atoms with Gasteiger partial charge in [0, 0.05) is 18.0 Å².